The van der Waals surface area contributed by atoms with Crippen LogP contribution in [0.1, 0.15) is 19.8 Å². The number of anilines is 1. The molecule has 2 rings (SSSR count). The second-order valence-corrected chi connectivity index (χ2v) is 6.70. The first-order valence-corrected chi connectivity index (χ1v) is 7.32. The molecule has 0 spiro atoms. The highest BCUT2D eigenvalue weighted by Gasteiger charge is 2.29. The molecule has 0 bridgehead atoms. The highest BCUT2D eigenvalue weighted by atomic mass is 35.5. The number of nitrogens with one attached hydrogen (secondary N) is 1. The Hall–Kier alpha value is -0.780. The van der Waals surface area contributed by atoms with Gasteiger partial charge >= 0.3 is 0 Å². The average molecular weight is 275 g/mol. The molecule has 1 aromatic carbocycles. The van der Waals surface area contributed by atoms with Gasteiger partial charge in [0.2, 0.25) is 10.0 Å². The van der Waals surface area contributed by atoms with Crippen LogP contribution in [0.25, 0.3) is 0 Å². The van der Waals surface area contributed by atoms with Crippen LogP contribution in [0.15, 0.2) is 23.1 Å². The molecular weight excluding hydrogens is 260 g/mol. The highest BCUT2D eigenvalue weighted by Crippen LogP contribution is 2.28. The molecule has 3 N–H and O–H groups in total. The molecular formula is C11H15ClN2O2S. The Morgan fingerprint density at radius 3 is 2.59 bits per heavy atom. The zero-order chi connectivity index (χ0) is 12.6. The second kappa shape index (κ2) is 4.48. The van der Waals surface area contributed by atoms with Gasteiger partial charge in [-0.3, -0.25) is 0 Å². The number of nitrogens with two attached hydrogens (primary N) is 1. The SMILES string of the molecule is CC1CC(NS(=O)(=O)c2ccc(N)c(Cl)c2)C1. The van der Waals surface area contributed by atoms with Gasteiger partial charge in [-0.05, 0) is 37.0 Å². The van der Waals surface area contributed by atoms with Crippen LogP contribution >= 0.6 is 11.6 Å². The number of nitrogen functional groups attached to an aromatic ring is 1. The number of hydrogen-bond acceptors (Lipinski definition) is 3. The fourth-order valence-corrected chi connectivity index (χ4v) is 3.49. The zero-order valence-electron chi connectivity index (χ0n) is 9.48. The largest absolute Gasteiger partial charge is 0.398 e. The summed E-state index contributed by atoms with van der Waals surface area (Å²) in [5.74, 6) is 0.595. The first kappa shape index (κ1) is 12.7. The van der Waals surface area contributed by atoms with Crippen molar-refractivity contribution in [3.63, 3.8) is 0 Å². The van der Waals surface area contributed by atoms with Crippen molar-refractivity contribution < 1.29 is 8.42 Å². The fourth-order valence-electron chi connectivity index (χ4n) is 1.96. The summed E-state index contributed by atoms with van der Waals surface area (Å²) >= 11 is 5.81. The van der Waals surface area contributed by atoms with Gasteiger partial charge < -0.3 is 5.73 Å². The minimum absolute atomic E-state index is 0.0475. The van der Waals surface area contributed by atoms with Gasteiger partial charge in [0.1, 0.15) is 0 Å². The van der Waals surface area contributed by atoms with Gasteiger partial charge in [-0.25, -0.2) is 13.1 Å². The van der Waals surface area contributed by atoms with Crippen LogP contribution in [0.3, 0.4) is 0 Å². The molecule has 0 radical (unpaired) electrons. The van der Waals surface area contributed by atoms with E-state index in [-0.39, 0.29) is 16.0 Å². The topological polar surface area (TPSA) is 72.2 Å². The molecule has 0 aromatic heterocycles. The van der Waals surface area contributed by atoms with Crippen molar-refractivity contribution in [2.75, 3.05) is 5.73 Å². The average Bonchev–Trinajstić information content (AvgIpc) is 2.19. The van der Waals surface area contributed by atoms with E-state index in [9.17, 15) is 8.42 Å². The first-order valence-electron chi connectivity index (χ1n) is 5.46. The van der Waals surface area contributed by atoms with Crippen molar-refractivity contribution in [1.82, 2.24) is 4.72 Å². The lowest BCUT2D eigenvalue weighted by Crippen LogP contribution is -2.43. The van der Waals surface area contributed by atoms with Crippen molar-refractivity contribution in [3.05, 3.63) is 23.2 Å². The van der Waals surface area contributed by atoms with E-state index in [1.807, 2.05) is 0 Å². The molecule has 0 atom stereocenters. The van der Waals surface area contributed by atoms with Crippen LogP contribution in [-0.4, -0.2) is 14.5 Å². The third-order valence-corrected chi connectivity index (χ3v) is 4.82. The van der Waals surface area contributed by atoms with Crippen LogP contribution in [-0.2, 0) is 10.0 Å². The molecule has 1 fully saturated rings. The third kappa shape index (κ3) is 2.73. The number of halogens is 1. The maximum absolute atomic E-state index is 12.0. The van der Waals surface area contributed by atoms with E-state index >= 15 is 0 Å². The van der Waals surface area contributed by atoms with Crippen LogP contribution in [0, 0.1) is 5.92 Å². The Morgan fingerprint density at radius 1 is 1.41 bits per heavy atom. The normalized spacial score (nSPS) is 24.4. The van der Waals surface area contributed by atoms with Crippen molar-refractivity contribution in [2.24, 2.45) is 5.92 Å². The summed E-state index contributed by atoms with van der Waals surface area (Å²) in [5, 5.41) is 0.259. The van der Waals surface area contributed by atoms with Crippen LogP contribution in [0.5, 0.6) is 0 Å². The molecule has 0 saturated heterocycles. The zero-order valence-corrected chi connectivity index (χ0v) is 11.1. The van der Waals surface area contributed by atoms with E-state index in [4.69, 9.17) is 17.3 Å². The lowest BCUT2D eigenvalue weighted by molar-refractivity contribution is 0.270. The summed E-state index contributed by atoms with van der Waals surface area (Å²) in [6, 6.07) is 4.39. The van der Waals surface area contributed by atoms with Crippen molar-refractivity contribution in [2.45, 2.75) is 30.7 Å². The molecule has 0 aliphatic heterocycles. The Bertz CT molecular complexity index is 524. The number of benzene rings is 1. The minimum atomic E-state index is -3.47. The van der Waals surface area contributed by atoms with E-state index < -0.39 is 10.0 Å². The fraction of sp³-hybridized carbons (Fsp3) is 0.455. The number of rotatable bonds is 3. The van der Waals surface area contributed by atoms with Crippen molar-refractivity contribution in [1.29, 1.82) is 0 Å². The molecule has 0 amide bonds. The molecule has 6 heteroatoms. The number of hydrogen-bond donors (Lipinski definition) is 2. The predicted molar refractivity (Wildman–Crippen MR) is 68.4 cm³/mol. The molecule has 1 aliphatic carbocycles. The monoisotopic (exact) mass is 274 g/mol. The van der Waals surface area contributed by atoms with Gasteiger partial charge in [-0.2, -0.15) is 0 Å². The quantitative estimate of drug-likeness (QED) is 0.828. The van der Waals surface area contributed by atoms with Gasteiger partial charge in [-0.1, -0.05) is 18.5 Å². The number of sulfonamides is 1. The maximum atomic E-state index is 12.0. The van der Waals surface area contributed by atoms with Crippen molar-refractivity contribution in [3.8, 4) is 0 Å². The van der Waals surface area contributed by atoms with Crippen molar-refractivity contribution >= 4 is 27.3 Å². The molecule has 1 aliphatic rings. The van der Waals surface area contributed by atoms with Crippen LogP contribution in [0.2, 0.25) is 5.02 Å². The maximum Gasteiger partial charge on any atom is 0.240 e. The summed E-state index contributed by atoms with van der Waals surface area (Å²) < 4.78 is 26.6. The summed E-state index contributed by atoms with van der Waals surface area (Å²) in [6.45, 7) is 2.10. The molecule has 17 heavy (non-hydrogen) atoms. The molecule has 1 aromatic rings. The lowest BCUT2D eigenvalue weighted by atomic mass is 9.83. The third-order valence-electron chi connectivity index (χ3n) is 2.98. The van der Waals surface area contributed by atoms with E-state index in [0.29, 0.717) is 11.6 Å². The minimum Gasteiger partial charge on any atom is -0.398 e. The Labute approximate surface area is 106 Å². The van der Waals surface area contributed by atoms with E-state index in [1.54, 1.807) is 0 Å². The lowest BCUT2D eigenvalue weighted by Gasteiger charge is -2.32. The van der Waals surface area contributed by atoms with E-state index in [1.165, 1.54) is 18.2 Å². The van der Waals surface area contributed by atoms with Gasteiger partial charge in [0.15, 0.2) is 0 Å². The predicted octanol–water partition coefficient (Wildman–Crippen LogP) is 2.00. The van der Waals surface area contributed by atoms with Gasteiger partial charge in [-0.15, -0.1) is 0 Å². The summed E-state index contributed by atoms with van der Waals surface area (Å²) in [4.78, 5) is 0.163. The first-order chi connectivity index (χ1) is 7.88. The Morgan fingerprint density at radius 2 is 2.06 bits per heavy atom. The van der Waals surface area contributed by atoms with Gasteiger partial charge in [0, 0.05) is 6.04 Å². The smallest absolute Gasteiger partial charge is 0.240 e. The standard InChI is InChI=1S/C11H15ClN2O2S/c1-7-4-8(5-7)14-17(15,16)9-2-3-11(13)10(12)6-9/h2-3,6-8,14H,4-5,13H2,1H3. The van der Waals surface area contributed by atoms with Gasteiger partial charge in [0.25, 0.3) is 0 Å². The molecule has 0 heterocycles. The second-order valence-electron chi connectivity index (χ2n) is 4.58. The molecule has 0 unspecified atom stereocenters. The molecule has 4 nitrogen and oxygen atoms in total. The molecule has 94 valence electrons. The van der Waals surface area contributed by atoms with Gasteiger partial charge in [0.05, 0.1) is 15.6 Å². The highest BCUT2D eigenvalue weighted by molar-refractivity contribution is 7.89. The Kier molecular flexibility index (Phi) is 3.34. The summed E-state index contributed by atoms with van der Waals surface area (Å²) in [6.07, 6.45) is 1.78. The van der Waals surface area contributed by atoms with Crippen LogP contribution in [0.4, 0.5) is 5.69 Å². The molecule has 1 saturated carbocycles. The summed E-state index contributed by atoms with van der Waals surface area (Å²) in [5.41, 5.74) is 5.92. The Balaban J connectivity index is 2.17. The van der Waals surface area contributed by atoms with E-state index in [2.05, 4.69) is 11.6 Å². The van der Waals surface area contributed by atoms with Crippen LogP contribution < -0.4 is 10.5 Å². The van der Waals surface area contributed by atoms with E-state index in [0.717, 1.165) is 12.8 Å². The summed E-state index contributed by atoms with van der Waals surface area (Å²) in [7, 11) is -3.47.